The van der Waals surface area contributed by atoms with Crippen LogP contribution in [0.5, 0.6) is 0 Å². The molecular formula is C20H18N4O2. The van der Waals surface area contributed by atoms with E-state index in [0.29, 0.717) is 17.8 Å². The Morgan fingerprint density at radius 2 is 1.92 bits per heavy atom. The first-order valence-electron chi connectivity index (χ1n) is 8.48. The standard InChI is InChI=1S/C20H18N4O2/c25-20(14-18-17-4-1-2-5-19(17)26-23-18)21-12-10-15-6-8-16(9-7-15)24-13-3-11-22-24/h1-9,11,13H,10,12,14H2,(H,21,25). The molecule has 0 fully saturated rings. The molecule has 0 atom stereocenters. The summed E-state index contributed by atoms with van der Waals surface area (Å²) in [5.74, 6) is -0.0581. The van der Waals surface area contributed by atoms with Crippen LogP contribution in [-0.2, 0) is 17.6 Å². The highest BCUT2D eigenvalue weighted by atomic mass is 16.5. The van der Waals surface area contributed by atoms with Crippen molar-refractivity contribution >= 4 is 16.9 Å². The Labute approximate surface area is 150 Å². The molecule has 1 N–H and O–H groups in total. The van der Waals surface area contributed by atoms with Gasteiger partial charge in [0.25, 0.3) is 0 Å². The second kappa shape index (κ2) is 7.23. The highest BCUT2D eigenvalue weighted by molar-refractivity contribution is 5.86. The molecule has 0 aliphatic rings. The molecule has 0 radical (unpaired) electrons. The van der Waals surface area contributed by atoms with Crippen LogP contribution in [0.25, 0.3) is 16.7 Å². The van der Waals surface area contributed by atoms with E-state index in [1.165, 1.54) is 0 Å². The van der Waals surface area contributed by atoms with E-state index in [2.05, 4.69) is 15.6 Å². The number of hydrogen-bond acceptors (Lipinski definition) is 4. The fraction of sp³-hybridized carbons (Fsp3) is 0.150. The van der Waals surface area contributed by atoms with E-state index < -0.39 is 0 Å². The van der Waals surface area contributed by atoms with E-state index >= 15 is 0 Å². The molecule has 26 heavy (non-hydrogen) atoms. The summed E-state index contributed by atoms with van der Waals surface area (Å²) in [6.07, 6.45) is 4.64. The summed E-state index contributed by atoms with van der Waals surface area (Å²) in [4.78, 5) is 12.1. The molecule has 2 aromatic heterocycles. The lowest BCUT2D eigenvalue weighted by Crippen LogP contribution is -2.27. The summed E-state index contributed by atoms with van der Waals surface area (Å²) in [5.41, 5.74) is 3.54. The molecule has 2 aromatic carbocycles. The van der Waals surface area contributed by atoms with Crippen LogP contribution in [-0.4, -0.2) is 27.4 Å². The van der Waals surface area contributed by atoms with E-state index in [-0.39, 0.29) is 12.3 Å². The first kappa shape index (κ1) is 16.1. The first-order valence-corrected chi connectivity index (χ1v) is 8.48. The summed E-state index contributed by atoms with van der Waals surface area (Å²) in [5, 5.41) is 12.0. The molecule has 0 unspecified atom stereocenters. The number of hydrogen-bond donors (Lipinski definition) is 1. The van der Waals surface area contributed by atoms with Crippen molar-refractivity contribution in [3.05, 3.63) is 78.2 Å². The first-order chi connectivity index (χ1) is 12.8. The van der Waals surface area contributed by atoms with Crippen LogP contribution in [0.4, 0.5) is 0 Å². The van der Waals surface area contributed by atoms with Crippen LogP contribution in [0.3, 0.4) is 0 Å². The highest BCUT2D eigenvalue weighted by Crippen LogP contribution is 2.18. The normalized spacial score (nSPS) is 10.9. The Kier molecular flexibility index (Phi) is 4.47. The molecule has 4 aromatic rings. The minimum absolute atomic E-state index is 0.0581. The van der Waals surface area contributed by atoms with Crippen LogP contribution >= 0.6 is 0 Å². The van der Waals surface area contributed by atoms with Crippen molar-refractivity contribution in [2.24, 2.45) is 0 Å². The van der Waals surface area contributed by atoms with E-state index in [1.54, 1.807) is 6.20 Å². The maximum absolute atomic E-state index is 12.1. The van der Waals surface area contributed by atoms with E-state index in [4.69, 9.17) is 4.52 Å². The molecule has 0 spiro atoms. The smallest absolute Gasteiger partial charge is 0.226 e. The zero-order valence-corrected chi connectivity index (χ0v) is 14.1. The molecule has 6 heteroatoms. The number of fused-ring (bicyclic) bond motifs is 1. The van der Waals surface area contributed by atoms with Crippen molar-refractivity contribution in [3.63, 3.8) is 0 Å². The van der Waals surface area contributed by atoms with Crippen molar-refractivity contribution in [2.45, 2.75) is 12.8 Å². The fourth-order valence-corrected chi connectivity index (χ4v) is 2.86. The monoisotopic (exact) mass is 346 g/mol. The van der Waals surface area contributed by atoms with Gasteiger partial charge in [0, 0.05) is 24.3 Å². The number of nitrogens with one attached hydrogen (secondary N) is 1. The minimum atomic E-state index is -0.0581. The summed E-state index contributed by atoms with van der Waals surface area (Å²) in [7, 11) is 0. The molecular weight excluding hydrogens is 328 g/mol. The predicted octanol–water partition coefficient (Wildman–Crippen LogP) is 2.91. The molecule has 0 bridgehead atoms. The molecule has 0 aliphatic heterocycles. The molecule has 2 heterocycles. The van der Waals surface area contributed by atoms with Crippen LogP contribution in [0, 0.1) is 0 Å². The molecule has 1 amide bonds. The van der Waals surface area contributed by atoms with Crippen LogP contribution in [0.1, 0.15) is 11.3 Å². The quantitative estimate of drug-likeness (QED) is 0.583. The van der Waals surface area contributed by atoms with Gasteiger partial charge in [-0.25, -0.2) is 4.68 Å². The number of rotatable bonds is 6. The predicted molar refractivity (Wildman–Crippen MR) is 98.0 cm³/mol. The summed E-state index contributed by atoms with van der Waals surface area (Å²) < 4.78 is 7.04. The Morgan fingerprint density at radius 1 is 1.08 bits per heavy atom. The maximum Gasteiger partial charge on any atom is 0.226 e. The van der Waals surface area contributed by atoms with Crippen LogP contribution < -0.4 is 5.32 Å². The second-order valence-electron chi connectivity index (χ2n) is 6.02. The van der Waals surface area contributed by atoms with Gasteiger partial charge in [0.05, 0.1) is 12.1 Å². The minimum Gasteiger partial charge on any atom is -0.356 e. The van der Waals surface area contributed by atoms with Gasteiger partial charge in [-0.1, -0.05) is 29.4 Å². The zero-order chi connectivity index (χ0) is 17.8. The number of amides is 1. The van der Waals surface area contributed by atoms with Gasteiger partial charge >= 0.3 is 0 Å². The van der Waals surface area contributed by atoms with Gasteiger partial charge in [-0.15, -0.1) is 0 Å². The Balaban J connectivity index is 1.29. The number of carbonyl (C=O) groups excluding carboxylic acids is 1. The average Bonchev–Trinajstić information content (AvgIpc) is 3.33. The Hall–Kier alpha value is -3.41. The summed E-state index contributed by atoms with van der Waals surface area (Å²) >= 11 is 0. The number of aromatic nitrogens is 3. The van der Waals surface area contributed by atoms with Gasteiger partial charge in [-0.3, -0.25) is 4.79 Å². The number of benzene rings is 2. The Bertz CT molecular complexity index is 1000. The lowest BCUT2D eigenvalue weighted by Gasteiger charge is -2.06. The lowest BCUT2D eigenvalue weighted by molar-refractivity contribution is -0.120. The molecule has 6 nitrogen and oxygen atoms in total. The number of nitrogens with zero attached hydrogens (tertiary/aromatic N) is 3. The van der Waals surface area contributed by atoms with Gasteiger partial charge in [0.15, 0.2) is 5.58 Å². The van der Waals surface area contributed by atoms with Gasteiger partial charge in [0.1, 0.15) is 5.69 Å². The van der Waals surface area contributed by atoms with Crippen molar-refractivity contribution in [1.29, 1.82) is 0 Å². The maximum atomic E-state index is 12.1. The highest BCUT2D eigenvalue weighted by Gasteiger charge is 2.11. The summed E-state index contributed by atoms with van der Waals surface area (Å²) in [6, 6.07) is 17.6. The average molecular weight is 346 g/mol. The second-order valence-corrected chi connectivity index (χ2v) is 6.02. The molecule has 4 rings (SSSR count). The lowest BCUT2D eigenvalue weighted by atomic mass is 10.1. The van der Waals surface area contributed by atoms with E-state index in [0.717, 1.165) is 23.1 Å². The number of para-hydroxylation sites is 1. The van der Waals surface area contributed by atoms with Gasteiger partial charge in [-0.2, -0.15) is 5.10 Å². The third kappa shape index (κ3) is 3.49. The third-order valence-electron chi connectivity index (χ3n) is 4.22. The Morgan fingerprint density at radius 3 is 2.73 bits per heavy atom. The zero-order valence-electron chi connectivity index (χ0n) is 14.1. The largest absolute Gasteiger partial charge is 0.356 e. The van der Waals surface area contributed by atoms with Gasteiger partial charge in [0.2, 0.25) is 5.91 Å². The van der Waals surface area contributed by atoms with Crippen molar-refractivity contribution in [3.8, 4) is 5.69 Å². The molecule has 0 aliphatic carbocycles. The summed E-state index contributed by atoms with van der Waals surface area (Å²) in [6.45, 7) is 0.579. The van der Waals surface area contributed by atoms with E-state index in [9.17, 15) is 4.79 Å². The fourth-order valence-electron chi connectivity index (χ4n) is 2.86. The third-order valence-corrected chi connectivity index (χ3v) is 4.22. The van der Waals surface area contributed by atoms with Crippen LogP contribution in [0.15, 0.2) is 71.5 Å². The molecule has 130 valence electrons. The van der Waals surface area contributed by atoms with Gasteiger partial charge < -0.3 is 9.84 Å². The number of carbonyl (C=O) groups is 1. The van der Waals surface area contributed by atoms with E-state index in [1.807, 2.05) is 65.5 Å². The van der Waals surface area contributed by atoms with Crippen LogP contribution in [0.2, 0.25) is 0 Å². The molecule has 0 saturated carbocycles. The van der Waals surface area contributed by atoms with Crippen molar-refractivity contribution < 1.29 is 9.32 Å². The van der Waals surface area contributed by atoms with Crippen molar-refractivity contribution in [2.75, 3.05) is 6.54 Å². The topological polar surface area (TPSA) is 73.0 Å². The molecule has 0 saturated heterocycles. The van der Waals surface area contributed by atoms with Gasteiger partial charge in [-0.05, 0) is 42.3 Å². The SMILES string of the molecule is O=C(Cc1noc2ccccc12)NCCc1ccc(-n2cccn2)cc1. The van der Waals surface area contributed by atoms with Crippen molar-refractivity contribution in [1.82, 2.24) is 20.3 Å².